The first kappa shape index (κ1) is 15.6. The molecule has 0 aliphatic carbocycles. The van der Waals surface area contributed by atoms with Crippen molar-refractivity contribution < 1.29 is 14.3 Å². The Morgan fingerprint density at radius 3 is 2.90 bits per heavy atom. The van der Waals surface area contributed by atoms with Crippen molar-refractivity contribution in [1.29, 1.82) is 0 Å². The zero-order valence-corrected chi connectivity index (χ0v) is 13.1. The quantitative estimate of drug-likeness (QED) is 0.867. The molecule has 1 N–H and O–H groups in total. The Balaban J connectivity index is 2.10. The van der Waals surface area contributed by atoms with Gasteiger partial charge in [-0.05, 0) is 18.2 Å². The minimum Gasteiger partial charge on any atom is -0.376 e. The van der Waals surface area contributed by atoms with Gasteiger partial charge in [0, 0.05) is 15.2 Å². The summed E-state index contributed by atoms with van der Waals surface area (Å²) in [4.78, 5) is 13.1. The Labute approximate surface area is 128 Å². The summed E-state index contributed by atoms with van der Waals surface area (Å²) in [6.45, 7) is 5.47. The number of carbonyl (C=O) groups is 1. The smallest absolute Gasteiger partial charge is 0.255 e. The summed E-state index contributed by atoms with van der Waals surface area (Å²) in [6.07, 6.45) is -0.556. The Hall–Kier alpha value is -0.750. The van der Waals surface area contributed by atoms with Crippen LogP contribution < -0.4 is 5.32 Å². The summed E-state index contributed by atoms with van der Waals surface area (Å²) < 4.78 is 10.6. The van der Waals surface area contributed by atoms with E-state index in [0.29, 0.717) is 30.1 Å². The van der Waals surface area contributed by atoms with E-state index in [1.807, 2.05) is 12.1 Å². The maximum Gasteiger partial charge on any atom is 0.255 e. The summed E-state index contributed by atoms with van der Waals surface area (Å²) in [7, 11) is 0. The van der Waals surface area contributed by atoms with Crippen molar-refractivity contribution >= 4 is 35.0 Å². The second-order valence-electron chi connectivity index (χ2n) is 4.73. The number of anilines is 1. The Kier molecular flexibility index (Phi) is 5.72. The molecule has 6 heteroatoms. The average molecular weight is 316 g/mol. The lowest BCUT2D eigenvalue weighted by Gasteiger charge is -2.22. The van der Waals surface area contributed by atoms with Crippen LogP contribution in [0.5, 0.6) is 0 Å². The van der Waals surface area contributed by atoms with Crippen molar-refractivity contribution in [1.82, 2.24) is 0 Å². The Morgan fingerprint density at radius 1 is 1.45 bits per heavy atom. The van der Waals surface area contributed by atoms with Crippen LogP contribution in [0, 0.1) is 0 Å². The molecular formula is C14H18ClNO3S. The minimum atomic E-state index is -0.556. The first-order chi connectivity index (χ1) is 9.56. The van der Waals surface area contributed by atoms with Gasteiger partial charge in [-0.15, -0.1) is 11.8 Å². The molecule has 1 saturated heterocycles. The van der Waals surface area contributed by atoms with Gasteiger partial charge in [0.05, 0.1) is 25.5 Å². The molecule has 20 heavy (non-hydrogen) atoms. The van der Waals surface area contributed by atoms with Gasteiger partial charge in [0.2, 0.25) is 0 Å². The van der Waals surface area contributed by atoms with Crippen molar-refractivity contribution in [2.45, 2.75) is 30.1 Å². The molecule has 1 unspecified atom stereocenters. The standard InChI is InChI=1S/C14H18ClNO3S/c1-9(2)20-13-4-3-10(15)7-11(13)16-14(17)12-8-18-5-6-19-12/h3-4,7,9,12H,5-6,8H2,1-2H3,(H,16,17). The molecule has 1 aliphatic rings. The molecule has 2 rings (SSSR count). The van der Waals surface area contributed by atoms with Crippen molar-refractivity contribution in [3.05, 3.63) is 23.2 Å². The van der Waals surface area contributed by atoms with Gasteiger partial charge in [0.1, 0.15) is 0 Å². The van der Waals surface area contributed by atoms with E-state index >= 15 is 0 Å². The molecule has 1 heterocycles. The number of hydrogen-bond acceptors (Lipinski definition) is 4. The lowest BCUT2D eigenvalue weighted by atomic mass is 10.2. The second-order valence-corrected chi connectivity index (χ2v) is 6.79. The number of hydrogen-bond donors (Lipinski definition) is 1. The van der Waals surface area contributed by atoms with E-state index in [0.717, 1.165) is 10.6 Å². The van der Waals surface area contributed by atoms with Gasteiger partial charge < -0.3 is 14.8 Å². The third kappa shape index (κ3) is 4.38. The SMILES string of the molecule is CC(C)Sc1ccc(Cl)cc1NC(=O)C1COCCO1. The summed E-state index contributed by atoms with van der Waals surface area (Å²) in [5, 5.41) is 3.89. The highest BCUT2D eigenvalue weighted by Crippen LogP contribution is 2.32. The zero-order valence-electron chi connectivity index (χ0n) is 11.5. The average Bonchev–Trinajstić information content (AvgIpc) is 2.42. The number of benzene rings is 1. The van der Waals surface area contributed by atoms with Gasteiger partial charge in [-0.25, -0.2) is 0 Å². The fraction of sp³-hybridized carbons (Fsp3) is 0.500. The molecule has 110 valence electrons. The van der Waals surface area contributed by atoms with Gasteiger partial charge in [0.15, 0.2) is 6.10 Å². The van der Waals surface area contributed by atoms with Crippen LogP contribution in [0.2, 0.25) is 5.02 Å². The molecule has 0 saturated carbocycles. The predicted molar refractivity (Wildman–Crippen MR) is 81.6 cm³/mol. The van der Waals surface area contributed by atoms with Crippen LogP contribution in [-0.4, -0.2) is 37.1 Å². The summed E-state index contributed by atoms with van der Waals surface area (Å²) in [6, 6.07) is 5.50. The fourth-order valence-corrected chi connectivity index (χ4v) is 2.87. The van der Waals surface area contributed by atoms with E-state index in [2.05, 4.69) is 19.2 Å². The lowest BCUT2D eigenvalue weighted by molar-refractivity contribution is -0.142. The first-order valence-corrected chi connectivity index (χ1v) is 7.78. The van der Waals surface area contributed by atoms with Crippen molar-refractivity contribution in [2.75, 3.05) is 25.1 Å². The van der Waals surface area contributed by atoms with Crippen LogP contribution in [0.3, 0.4) is 0 Å². The van der Waals surface area contributed by atoms with Crippen molar-refractivity contribution in [3.8, 4) is 0 Å². The molecule has 1 amide bonds. The lowest BCUT2D eigenvalue weighted by Crippen LogP contribution is -2.39. The highest BCUT2D eigenvalue weighted by Gasteiger charge is 2.23. The molecule has 1 atom stereocenters. The summed E-state index contributed by atoms with van der Waals surface area (Å²) >= 11 is 7.68. The molecular weight excluding hydrogens is 298 g/mol. The Morgan fingerprint density at radius 2 is 2.25 bits per heavy atom. The van der Waals surface area contributed by atoms with E-state index in [9.17, 15) is 4.79 Å². The largest absolute Gasteiger partial charge is 0.376 e. The molecule has 1 aromatic carbocycles. The number of carbonyl (C=O) groups excluding carboxylic acids is 1. The van der Waals surface area contributed by atoms with Gasteiger partial charge in [-0.2, -0.15) is 0 Å². The molecule has 0 bridgehead atoms. The number of amides is 1. The van der Waals surface area contributed by atoms with E-state index in [1.54, 1.807) is 17.8 Å². The van der Waals surface area contributed by atoms with Crippen LogP contribution in [-0.2, 0) is 14.3 Å². The highest BCUT2D eigenvalue weighted by molar-refractivity contribution is 8.00. The molecule has 4 nitrogen and oxygen atoms in total. The maximum absolute atomic E-state index is 12.1. The van der Waals surface area contributed by atoms with Gasteiger partial charge in [-0.3, -0.25) is 4.79 Å². The van der Waals surface area contributed by atoms with Crippen LogP contribution in [0.15, 0.2) is 23.1 Å². The second kappa shape index (κ2) is 7.31. The number of nitrogens with one attached hydrogen (secondary N) is 1. The molecule has 0 spiro atoms. The fourth-order valence-electron chi connectivity index (χ4n) is 1.81. The topological polar surface area (TPSA) is 47.6 Å². The van der Waals surface area contributed by atoms with E-state index in [1.165, 1.54) is 0 Å². The number of ether oxygens (including phenoxy) is 2. The molecule has 0 radical (unpaired) electrons. The third-order valence-corrected chi connectivity index (χ3v) is 3.99. The minimum absolute atomic E-state index is 0.197. The van der Waals surface area contributed by atoms with Gasteiger partial charge in [-0.1, -0.05) is 25.4 Å². The molecule has 1 fully saturated rings. The molecule has 1 aliphatic heterocycles. The first-order valence-electron chi connectivity index (χ1n) is 6.52. The van der Waals surface area contributed by atoms with E-state index in [-0.39, 0.29) is 5.91 Å². The zero-order chi connectivity index (χ0) is 14.5. The number of halogens is 1. The maximum atomic E-state index is 12.1. The van der Waals surface area contributed by atoms with Crippen LogP contribution in [0.1, 0.15) is 13.8 Å². The highest BCUT2D eigenvalue weighted by atomic mass is 35.5. The van der Waals surface area contributed by atoms with E-state index < -0.39 is 6.10 Å². The normalized spacial score (nSPS) is 19.1. The van der Waals surface area contributed by atoms with Gasteiger partial charge in [0.25, 0.3) is 5.91 Å². The van der Waals surface area contributed by atoms with Crippen LogP contribution in [0.4, 0.5) is 5.69 Å². The van der Waals surface area contributed by atoms with Crippen molar-refractivity contribution in [3.63, 3.8) is 0 Å². The Bertz CT molecular complexity index is 475. The monoisotopic (exact) mass is 315 g/mol. The summed E-state index contributed by atoms with van der Waals surface area (Å²) in [5.74, 6) is -0.197. The van der Waals surface area contributed by atoms with Crippen LogP contribution in [0.25, 0.3) is 0 Å². The number of thioether (sulfide) groups is 1. The van der Waals surface area contributed by atoms with E-state index in [4.69, 9.17) is 21.1 Å². The summed E-state index contributed by atoms with van der Waals surface area (Å²) in [5.41, 5.74) is 0.718. The third-order valence-electron chi connectivity index (χ3n) is 2.67. The van der Waals surface area contributed by atoms with Gasteiger partial charge >= 0.3 is 0 Å². The molecule has 1 aromatic rings. The number of rotatable bonds is 4. The predicted octanol–water partition coefficient (Wildman–Crippen LogP) is 3.19. The van der Waals surface area contributed by atoms with Crippen LogP contribution >= 0.6 is 23.4 Å². The molecule has 0 aromatic heterocycles. The van der Waals surface area contributed by atoms with Crippen molar-refractivity contribution in [2.24, 2.45) is 0 Å².